The highest BCUT2D eigenvalue weighted by atomic mass is 32.1. The van der Waals surface area contributed by atoms with Crippen LogP contribution in [-0.4, -0.2) is 49.8 Å². The molecule has 0 saturated carbocycles. The fourth-order valence-corrected chi connectivity index (χ4v) is 3.55. The molecule has 150 valence electrons. The van der Waals surface area contributed by atoms with Gasteiger partial charge in [0, 0.05) is 24.5 Å². The number of hydrogen-bond acceptors (Lipinski definition) is 7. The molecule has 7 nitrogen and oxygen atoms in total. The van der Waals surface area contributed by atoms with Crippen molar-refractivity contribution in [3.63, 3.8) is 0 Å². The Balaban J connectivity index is 1.83. The maximum absolute atomic E-state index is 12.4. The fourth-order valence-electron chi connectivity index (χ4n) is 2.76. The van der Waals surface area contributed by atoms with Crippen LogP contribution in [0.2, 0.25) is 0 Å². The molecule has 1 unspecified atom stereocenters. The third kappa shape index (κ3) is 4.69. The maximum Gasteiger partial charge on any atom is 0.326 e. The number of carbonyl (C=O) groups excluding carboxylic acids is 2. The van der Waals surface area contributed by atoms with Crippen molar-refractivity contribution in [1.82, 2.24) is 4.98 Å². The Morgan fingerprint density at radius 3 is 3.00 bits per heavy atom. The highest BCUT2D eigenvalue weighted by Crippen LogP contribution is 2.36. The molecule has 3 rings (SSSR count). The van der Waals surface area contributed by atoms with Gasteiger partial charge in [0.15, 0.2) is 6.61 Å². The Hall–Kier alpha value is -2.45. The number of ether oxygens (including phenoxy) is 3. The second kappa shape index (κ2) is 9.16. The zero-order chi connectivity index (χ0) is 20.1. The first-order chi connectivity index (χ1) is 13.5. The first-order valence-corrected chi connectivity index (χ1v) is 10.1. The molecule has 0 bridgehead atoms. The molecule has 0 radical (unpaired) electrons. The predicted octanol–water partition coefficient (Wildman–Crippen LogP) is 3.07. The molecule has 1 aliphatic rings. The van der Waals surface area contributed by atoms with E-state index in [1.165, 1.54) is 4.90 Å². The number of esters is 1. The summed E-state index contributed by atoms with van der Waals surface area (Å²) in [6, 6.07) is 5.54. The zero-order valence-electron chi connectivity index (χ0n) is 16.3. The number of fused-ring (bicyclic) bond motifs is 1. The zero-order valence-corrected chi connectivity index (χ0v) is 17.1. The van der Waals surface area contributed by atoms with Crippen molar-refractivity contribution in [2.45, 2.75) is 32.8 Å². The van der Waals surface area contributed by atoms with E-state index in [1.807, 2.05) is 31.4 Å². The van der Waals surface area contributed by atoms with Crippen LogP contribution in [-0.2, 0) is 25.5 Å². The van der Waals surface area contributed by atoms with Crippen LogP contribution in [0.25, 0.3) is 11.3 Å². The lowest BCUT2D eigenvalue weighted by atomic mass is 10.1. The van der Waals surface area contributed by atoms with Crippen LogP contribution >= 0.6 is 11.3 Å². The summed E-state index contributed by atoms with van der Waals surface area (Å²) >= 11 is 1.57. The van der Waals surface area contributed by atoms with Crippen LogP contribution in [0.15, 0.2) is 23.6 Å². The Labute approximate surface area is 168 Å². The molecule has 1 atom stereocenters. The highest BCUT2D eigenvalue weighted by Gasteiger charge is 2.29. The number of nitrogens with zero attached hydrogens (tertiary/aromatic N) is 2. The quantitative estimate of drug-likeness (QED) is 0.629. The molecule has 1 aromatic heterocycles. The van der Waals surface area contributed by atoms with Crippen molar-refractivity contribution in [1.29, 1.82) is 0 Å². The van der Waals surface area contributed by atoms with Gasteiger partial charge in [0.05, 0.1) is 29.1 Å². The van der Waals surface area contributed by atoms with E-state index in [9.17, 15) is 9.59 Å². The predicted molar refractivity (Wildman–Crippen MR) is 107 cm³/mol. The number of aromatic nitrogens is 1. The van der Waals surface area contributed by atoms with Gasteiger partial charge in [-0.05, 0) is 31.5 Å². The minimum absolute atomic E-state index is 0.0964. The fraction of sp³-hybridized carbons (Fsp3) is 0.450. The number of hydrogen-bond donors (Lipinski definition) is 0. The van der Waals surface area contributed by atoms with Crippen molar-refractivity contribution in [3.05, 3.63) is 28.6 Å². The Bertz CT molecular complexity index is 851. The standard InChI is InChI=1S/C20H24N2O5S/c1-4-13(2)27-20(24)10-22-16-9-14(5-6-17(16)26-11-19(22)23)15-12-28-18(21-15)7-8-25-3/h5-6,9,12-13H,4,7-8,10-11H2,1-3H3. The van der Waals surface area contributed by atoms with Crippen LogP contribution in [0.3, 0.4) is 0 Å². The first kappa shape index (κ1) is 20.3. The number of carbonyl (C=O) groups is 2. The molecule has 2 aromatic rings. The van der Waals surface area contributed by atoms with E-state index < -0.39 is 5.97 Å². The van der Waals surface area contributed by atoms with Gasteiger partial charge in [0.25, 0.3) is 5.91 Å². The lowest BCUT2D eigenvalue weighted by molar-refractivity contribution is -0.147. The van der Waals surface area contributed by atoms with Crippen molar-refractivity contribution in [3.8, 4) is 17.0 Å². The van der Waals surface area contributed by atoms with Crippen molar-refractivity contribution < 1.29 is 23.8 Å². The van der Waals surface area contributed by atoms with Gasteiger partial charge < -0.3 is 14.2 Å². The molecule has 0 saturated heterocycles. The minimum Gasteiger partial charge on any atom is -0.482 e. The van der Waals surface area contributed by atoms with E-state index in [1.54, 1.807) is 24.5 Å². The molecule has 1 aliphatic heterocycles. The van der Waals surface area contributed by atoms with E-state index >= 15 is 0 Å². The van der Waals surface area contributed by atoms with Crippen molar-refractivity contribution in [2.24, 2.45) is 0 Å². The summed E-state index contributed by atoms with van der Waals surface area (Å²) in [6.45, 7) is 4.15. The summed E-state index contributed by atoms with van der Waals surface area (Å²) in [5.41, 5.74) is 2.23. The van der Waals surface area contributed by atoms with Crippen LogP contribution in [0, 0.1) is 0 Å². The topological polar surface area (TPSA) is 78.0 Å². The van der Waals surface area contributed by atoms with Crippen molar-refractivity contribution >= 4 is 28.9 Å². The second-order valence-corrected chi connectivity index (χ2v) is 7.47. The van der Waals surface area contributed by atoms with Crippen LogP contribution in [0.4, 0.5) is 5.69 Å². The van der Waals surface area contributed by atoms with Gasteiger partial charge in [0.2, 0.25) is 0 Å². The second-order valence-electron chi connectivity index (χ2n) is 6.53. The summed E-state index contributed by atoms with van der Waals surface area (Å²) in [5, 5.41) is 2.95. The molecule has 0 fully saturated rings. The molecule has 2 heterocycles. The SMILES string of the molecule is CCC(C)OC(=O)CN1C(=O)COc2ccc(-c3csc(CCOC)n3)cc21. The minimum atomic E-state index is -0.434. The molecular formula is C20H24N2O5S. The molecule has 0 spiro atoms. The van der Waals surface area contributed by atoms with Gasteiger partial charge in [-0.2, -0.15) is 0 Å². The number of rotatable bonds is 8. The third-order valence-electron chi connectivity index (χ3n) is 4.46. The summed E-state index contributed by atoms with van der Waals surface area (Å²) < 4.78 is 15.9. The molecule has 8 heteroatoms. The van der Waals surface area contributed by atoms with E-state index in [4.69, 9.17) is 14.2 Å². The molecular weight excluding hydrogens is 380 g/mol. The lowest BCUT2D eigenvalue weighted by Crippen LogP contribution is -2.42. The van der Waals surface area contributed by atoms with Gasteiger partial charge in [-0.15, -0.1) is 11.3 Å². The summed E-state index contributed by atoms with van der Waals surface area (Å²) in [7, 11) is 1.66. The molecule has 0 N–H and O–H groups in total. The Kier molecular flexibility index (Phi) is 6.64. The van der Waals surface area contributed by atoms with E-state index in [0.29, 0.717) is 18.0 Å². The highest BCUT2D eigenvalue weighted by molar-refractivity contribution is 7.09. The van der Waals surface area contributed by atoms with Crippen LogP contribution in [0.1, 0.15) is 25.3 Å². The molecule has 28 heavy (non-hydrogen) atoms. The number of benzene rings is 1. The van der Waals surface area contributed by atoms with E-state index in [-0.39, 0.29) is 25.2 Å². The van der Waals surface area contributed by atoms with Gasteiger partial charge in [-0.25, -0.2) is 4.98 Å². The number of anilines is 1. The normalized spacial score (nSPS) is 14.4. The lowest BCUT2D eigenvalue weighted by Gasteiger charge is -2.29. The van der Waals surface area contributed by atoms with Gasteiger partial charge in [0.1, 0.15) is 12.3 Å². The summed E-state index contributed by atoms with van der Waals surface area (Å²) in [4.78, 5) is 30.6. The monoisotopic (exact) mass is 404 g/mol. The Morgan fingerprint density at radius 1 is 1.43 bits per heavy atom. The average molecular weight is 404 g/mol. The number of amides is 1. The third-order valence-corrected chi connectivity index (χ3v) is 5.37. The van der Waals surface area contributed by atoms with Gasteiger partial charge in [-0.1, -0.05) is 6.92 Å². The van der Waals surface area contributed by atoms with Crippen molar-refractivity contribution in [2.75, 3.05) is 31.8 Å². The molecule has 0 aliphatic carbocycles. The largest absolute Gasteiger partial charge is 0.482 e. The Morgan fingerprint density at radius 2 is 2.25 bits per heavy atom. The maximum atomic E-state index is 12.4. The smallest absolute Gasteiger partial charge is 0.326 e. The molecule has 1 amide bonds. The summed E-state index contributed by atoms with van der Waals surface area (Å²) in [5.74, 6) is -0.143. The number of methoxy groups -OCH3 is 1. The summed E-state index contributed by atoms with van der Waals surface area (Å²) in [6.07, 6.45) is 1.29. The van der Waals surface area contributed by atoms with Crippen LogP contribution in [0.5, 0.6) is 5.75 Å². The van der Waals surface area contributed by atoms with E-state index in [0.717, 1.165) is 29.1 Å². The first-order valence-electron chi connectivity index (χ1n) is 9.22. The van der Waals surface area contributed by atoms with Crippen LogP contribution < -0.4 is 9.64 Å². The van der Waals surface area contributed by atoms with Gasteiger partial charge in [-0.3, -0.25) is 14.5 Å². The number of thiazole rings is 1. The van der Waals surface area contributed by atoms with E-state index in [2.05, 4.69) is 4.98 Å². The molecule has 1 aromatic carbocycles. The average Bonchev–Trinajstić information content (AvgIpc) is 3.17. The van der Waals surface area contributed by atoms with Gasteiger partial charge >= 0.3 is 5.97 Å².